The molecule has 3 aromatic carbocycles. The van der Waals surface area contributed by atoms with Crippen LogP contribution in [0.1, 0.15) is 52.0 Å². The Balaban J connectivity index is 1.19. The molecular weight excluding hydrogens is 578 g/mol. The molecule has 43 heavy (non-hydrogen) atoms. The first-order chi connectivity index (χ1) is 20.6. The van der Waals surface area contributed by atoms with Crippen molar-refractivity contribution >= 4 is 29.1 Å². The van der Waals surface area contributed by atoms with Crippen molar-refractivity contribution in [3.63, 3.8) is 0 Å². The van der Waals surface area contributed by atoms with Gasteiger partial charge in [-0.05, 0) is 49.4 Å². The Morgan fingerprint density at radius 1 is 1.07 bits per heavy atom. The number of aliphatic hydroxyl groups is 1. The smallest absolute Gasteiger partial charge is 0.255 e. The largest absolute Gasteiger partial charge is 0.382 e. The van der Waals surface area contributed by atoms with E-state index in [0.717, 1.165) is 17.7 Å². The molecule has 2 heterocycles. The number of ether oxygens (including phenoxy) is 2. The van der Waals surface area contributed by atoms with Crippen LogP contribution in [0.15, 0.2) is 79.4 Å². The van der Waals surface area contributed by atoms with Crippen LogP contribution < -0.4 is 5.32 Å². The fraction of sp³-hybridized carbons (Fsp3) is 0.290. The molecule has 2 N–H and O–H groups in total. The van der Waals surface area contributed by atoms with Crippen molar-refractivity contribution < 1.29 is 33.0 Å². The summed E-state index contributed by atoms with van der Waals surface area (Å²) >= 11 is 1.37. The maximum Gasteiger partial charge on any atom is 0.255 e. The summed E-state index contributed by atoms with van der Waals surface area (Å²) in [7, 11) is 0. The summed E-state index contributed by atoms with van der Waals surface area (Å²) < 4.78 is 41.8. The van der Waals surface area contributed by atoms with Gasteiger partial charge < -0.3 is 19.9 Å². The third kappa shape index (κ3) is 7.16. The van der Waals surface area contributed by atoms with Crippen LogP contribution in [0.25, 0.3) is 0 Å². The molecule has 9 nitrogen and oxygen atoms in total. The van der Waals surface area contributed by atoms with Crippen LogP contribution in [-0.2, 0) is 21.6 Å². The number of rotatable bonds is 10. The van der Waals surface area contributed by atoms with Gasteiger partial charge in [0.05, 0.1) is 25.0 Å². The van der Waals surface area contributed by atoms with E-state index in [1.807, 2.05) is 0 Å². The first-order valence-corrected chi connectivity index (χ1v) is 14.5. The quantitative estimate of drug-likeness (QED) is 0.238. The lowest BCUT2D eigenvalue weighted by atomic mass is 9.90. The second kappa shape index (κ2) is 13.1. The lowest BCUT2D eigenvalue weighted by Gasteiger charge is -2.37. The Bertz CT molecular complexity index is 1560. The number of Topliss-reactive ketones (excluding diaryl/α,β-unsaturated/α-hetero) is 1. The van der Waals surface area contributed by atoms with Gasteiger partial charge in [-0.15, -0.1) is 11.8 Å². The monoisotopic (exact) mass is 608 g/mol. The molecule has 1 fully saturated rings. The standard InChI is InChI=1S/C31H30F2N4O5S/c1-19(38)21-7-10-25(11-8-21)36-29(39)22-3-5-23(6-4-22)30-41-14-26(15-42-30)43-20(2)31(40,16-37-18-34-17-35-37)27-12-9-24(32)13-28(27)33/h3-13,17-18,20,26,30,40H,14-16H2,1-2H3,(H,36,39)/t20-,26-,30-,31-/m1/s1. The maximum absolute atomic E-state index is 14.8. The maximum atomic E-state index is 14.8. The highest BCUT2D eigenvalue weighted by Crippen LogP contribution is 2.39. The summed E-state index contributed by atoms with van der Waals surface area (Å²) in [4.78, 5) is 28.0. The van der Waals surface area contributed by atoms with Gasteiger partial charge in [0.15, 0.2) is 12.1 Å². The number of ketones is 1. The molecule has 2 atom stereocenters. The first-order valence-electron chi connectivity index (χ1n) is 13.5. The molecule has 5 rings (SSSR count). The molecule has 1 saturated heterocycles. The van der Waals surface area contributed by atoms with Gasteiger partial charge in [-0.25, -0.2) is 18.4 Å². The van der Waals surface area contributed by atoms with Crippen molar-refractivity contribution in [2.45, 2.75) is 42.8 Å². The van der Waals surface area contributed by atoms with Crippen LogP contribution in [0.4, 0.5) is 14.5 Å². The number of nitrogens with one attached hydrogen (secondary N) is 1. The van der Waals surface area contributed by atoms with Gasteiger partial charge in [0.25, 0.3) is 5.91 Å². The summed E-state index contributed by atoms with van der Waals surface area (Å²) in [6, 6.07) is 16.6. The van der Waals surface area contributed by atoms with E-state index < -0.39 is 28.8 Å². The fourth-order valence-electron chi connectivity index (χ4n) is 4.78. The zero-order valence-corrected chi connectivity index (χ0v) is 24.3. The topological polar surface area (TPSA) is 116 Å². The summed E-state index contributed by atoms with van der Waals surface area (Å²) in [6.45, 7) is 3.74. The van der Waals surface area contributed by atoms with E-state index in [-0.39, 0.29) is 29.0 Å². The van der Waals surface area contributed by atoms with E-state index >= 15 is 0 Å². The molecule has 0 spiro atoms. The Kier molecular flexibility index (Phi) is 9.31. The number of carbonyl (C=O) groups is 2. The molecule has 4 aromatic rings. The zero-order chi connectivity index (χ0) is 30.6. The number of halogens is 2. The first kappa shape index (κ1) is 30.5. The van der Waals surface area contributed by atoms with E-state index in [1.165, 1.54) is 42.1 Å². The van der Waals surface area contributed by atoms with Crippen molar-refractivity contribution in [3.8, 4) is 0 Å². The normalized spacial score (nSPS) is 18.9. The molecule has 0 radical (unpaired) electrons. The molecule has 12 heteroatoms. The van der Waals surface area contributed by atoms with Crippen LogP contribution in [0.2, 0.25) is 0 Å². The fourth-order valence-corrected chi connectivity index (χ4v) is 6.09. The third-order valence-electron chi connectivity index (χ3n) is 7.20. The van der Waals surface area contributed by atoms with Crippen LogP contribution >= 0.6 is 11.8 Å². The molecule has 1 aromatic heterocycles. The second-order valence-corrected chi connectivity index (χ2v) is 11.9. The molecule has 0 unspecified atom stereocenters. The highest BCUT2D eigenvalue weighted by atomic mass is 32.2. The van der Waals surface area contributed by atoms with Crippen LogP contribution in [0, 0.1) is 11.6 Å². The number of benzene rings is 3. The molecule has 1 aliphatic heterocycles. The van der Waals surface area contributed by atoms with Crippen LogP contribution in [0.3, 0.4) is 0 Å². The Hall–Kier alpha value is -3.97. The summed E-state index contributed by atoms with van der Waals surface area (Å²) in [5, 5.41) is 17.9. The van der Waals surface area contributed by atoms with Crippen molar-refractivity contribution in [1.29, 1.82) is 0 Å². The van der Waals surface area contributed by atoms with Gasteiger partial charge in [-0.2, -0.15) is 5.10 Å². The number of amides is 1. The van der Waals surface area contributed by atoms with E-state index in [1.54, 1.807) is 55.5 Å². The van der Waals surface area contributed by atoms with Crippen molar-refractivity contribution in [3.05, 3.63) is 113 Å². The van der Waals surface area contributed by atoms with Crippen molar-refractivity contribution in [2.75, 3.05) is 18.5 Å². The van der Waals surface area contributed by atoms with E-state index in [4.69, 9.17) is 9.47 Å². The second-order valence-electron chi connectivity index (χ2n) is 10.3. The van der Waals surface area contributed by atoms with Crippen LogP contribution in [0.5, 0.6) is 0 Å². The zero-order valence-electron chi connectivity index (χ0n) is 23.4. The minimum absolute atomic E-state index is 0.0443. The Morgan fingerprint density at radius 2 is 1.74 bits per heavy atom. The SMILES string of the molecule is CC(=O)c1ccc(NC(=O)c2ccc([C@H]3OC[C@H](S[C@H](C)[C@](O)(Cn4cncn4)c4ccc(F)cc4F)CO3)cc2)cc1. The summed E-state index contributed by atoms with van der Waals surface area (Å²) in [5.41, 5.74) is 0.531. The minimum atomic E-state index is -1.74. The predicted octanol–water partition coefficient (Wildman–Crippen LogP) is 5.13. The highest BCUT2D eigenvalue weighted by molar-refractivity contribution is 8.00. The number of aromatic nitrogens is 3. The Morgan fingerprint density at radius 3 is 2.35 bits per heavy atom. The van der Waals surface area contributed by atoms with E-state index in [9.17, 15) is 23.5 Å². The average Bonchev–Trinajstić information content (AvgIpc) is 3.50. The molecule has 224 valence electrons. The third-order valence-corrected chi connectivity index (χ3v) is 8.65. The summed E-state index contributed by atoms with van der Waals surface area (Å²) in [5.74, 6) is -1.94. The van der Waals surface area contributed by atoms with E-state index in [2.05, 4.69) is 15.4 Å². The number of nitrogens with zero attached hydrogens (tertiary/aromatic N) is 3. The van der Waals surface area contributed by atoms with Gasteiger partial charge in [0, 0.05) is 39.3 Å². The van der Waals surface area contributed by atoms with E-state index in [0.29, 0.717) is 30.0 Å². The van der Waals surface area contributed by atoms with Gasteiger partial charge >= 0.3 is 0 Å². The molecular formula is C31H30F2N4O5S. The number of thioether (sulfide) groups is 1. The lowest BCUT2D eigenvalue weighted by molar-refractivity contribution is -0.180. The van der Waals surface area contributed by atoms with Gasteiger partial charge in [-0.1, -0.05) is 25.1 Å². The molecule has 1 amide bonds. The lowest BCUT2D eigenvalue weighted by Crippen LogP contribution is -2.43. The molecule has 0 aliphatic carbocycles. The van der Waals surface area contributed by atoms with Gasteiger partial charge in [0.2, 0.25) is 0 Å². The van der Waals surface area contributed by atoms with Crippen molar-refractivity contribution in [2.24, 2.45) is 0 Å². The molecule has 0 bridgehead atoms. The predicted molar refractivity (Wildman–Crippen MR) is 157 cm³/mol. The molecule has 0 saturated carbocycles. The number of hydrogen-bond acceptors (Lipinski definition) is 8. The molecule has 1 aliphatic rings. The highest BCUT2D eigenvalue weighted by Gasteiger charge is 2.41. The van der Waals surface area contributed by atoms with Crippen molar-refractivity contribution in [1.82, 2.24) is 14.8 Å². The number of carbonyl (C=O) groups excluding carboxylic acids is 2. The summed E-state index contributed by atoms with van der Waals surface area (Å²) in [6.07, 6.45) is 2.09. The minimum Gasteiger partial charge on any atom is -0.382 e. The number of hydrogen-bond donors (Lipinski definition) is 2. The van der Waals surface area contributed by atoms with Gasteiger partial charge in [-0.3, -0.25) is 9.59 Å². The van der Waals surface area contributed by atoms with Crippen LogP contribution in [-0.4, -0.2) is 55.3 Å². The number of anilines is 1. The average molecular weight is 609 g/mol. The Labute approximate surface area is 251 Å². The van der Waals surface area contributed by atoms with Gasteiger partial charge in [0.1, 0.15) is 29.9 Å².